The Balaban J connectivity index is 2.79. The molecule has 0 radical (unpaired) electrons. The minimum Gasteiger partial charge on any atom is -0.410 e. The van der Waals surface area contributed by atoms with Crippen LogP contribution in [-0.4, -0.2) is 21.8 Å². The number of oxime groups is 1. The lowest BCUT2D eigenvalue weighted by molar-refractivity contribution is 0.106. The molecule has 0 atom stereocenters. The Bertz CT molecular complexity index is 389. The third-order valence-electron chi connectivity index (χ3n) is 1.83. The number of carbonyl (C=O) groups excluding carboxylic acids is 1. The van der Waals surface area contributed by atoms with E-state index in [1.807, 2.05) is 6.92 Å². The van der Waals surface area contributed by atoms with Gasteiger partial charge in [0.1, 0.15) is 0 Å². The molecule has 0 aliphatic heterocycles. The molecule has 1 N–H and O–H groups in total. The predicted molar refractivity (Wildman–Crippen MR) is 70.4 cm³/mol. The van der Waals surface area contributed by atoms with Gasteiger partial charge in [-0.25, -0.2) is 0 Å². The molecule has 86 valence electrons. The largest absolute Gasteiger partial charge is 0.410 e. The molecule has 1 rings (SSSR count). The summed E-state index contributed by atoms with van der Waals surface area (Å²) in [6, 6.07) is 6.97. The van der Waals surface area contributed by atoms with Gasteiger partial charge < -0.3 is 5.21 Å². The fourth-order valence-corrected chi connectivity index (χ4v) is 2.03. The van der Waals surface area contributed by atoms with Crippen molar-refractivity contribution < 1.29 is 10.0 Å². The number of rotatable bonds is 4. The summed E-state index contributed by atoms with van der Waals surface area (Å²) in [6.07, 6.45) is 0.928. The lowest BCUT2D eigenvalue weighted by Gasteiger charge is -2.02. The molecule has 0 aliphatic rings. The van der Waals surface area contributed by atoms with E-state index in [-0.39, 0.29) is 10.8 Å². The average molecular weight is 302 g/mol. The molecule has 0 spiro atoms. The molecule has 0 bridgehead atoms. The van der Waals surface area contributed by atoms with Crippen LogP contribution >= 0.6 is 27.7 Å². The molecule has 3 nitrogen and oxygen atoms in total. The molecule has 1 aromatic carbocycles. The van der Waals surface area contributed by atoms with Crippen LogP contribution in [-0.2, 0) is 0 Å². The van der Waals surface area contributed by atoms with Gasteiger partial charge in [0.05, 0.1) is 0 Å². The van der Waals surface area contributed by atoms with Crippen LogP contribution in [0.3, 0.4) is 0 Å². The minimum absolute atomic E-state index is 0.143. The molecular formula is C11H12BrNO2S. The second-order valence-electron chi connectivity index (χ2n) is 3.09. The molecule has 0 heterocycles. The number of hydrogen-bond acceptors (Lipinski definition) is 4. The fourth-order valence-electron chi connectivity index (χ4n) is 1.06. The van der Waals surface area contributed by atoms with Gasteiger partial charge >= 0.3 is 0 Å². The first-order valence-electron chi connectivity index (χ1n) is 4.84. The van der Waals surface area contributed by atoms with Gasteiger partial charge in [-0.3, -0.25) is 4.79 Å². The first-order chi connectivity index (χ1) is 7.69. The van der Waals surface area contributed by atoms with Crippen LogP contribution in [0.2, 0.25) is 0 Å². The van der Waals surface area contributed by atoms with Crippen LogP contribution in [0.1, 0.15) is 23.7 Å². The van der Waals surface area contributed by atoms with E-state index in [2.05, 4.69) is 21.1 Å². The third kappa shape index (κ3) is 3.64. The number of hydrogen-bond donors (Lipinski definition) is 1. The Morgan fingerprint density at radius 2 is 2.06 bits per heavy atom. The molecule has 0 fully saturated rings. The highest BCUT2D eigenvalue weighted by atomic mass is 79.9. The van der Waals surface area contributed by atoms with Crippen LogP contribution in [0.4, 0.5) is 0 Å². The van der Waals surface area contributed by atoms with E-state index in [1.165, 1.54) is 11.8 Å². The van der Waals surface area contributed by atoms with Crippen molar-refractivity contribution >= 4 is 38.5 Å². The predicted octanol–water partition coefficient (Wildman–Crippen LogP) is 3.56. The Hall–Kier alpha value is -0.810. The molecular weight excluding hydrogens is 290 g/mol. The van der Waals surface area contributed by atoms with E-state index in [4.69, 9.17) is 5.21 Å². The lowest BCUT2D eigenvalue weighted by atomic mass is 10.1. The number of carbonyl (C=O) groups is 1. The highest BCUT2D eigenvalue weighted by molar-refractivity contribution is 9.10. The molecule has 5 heteroatoms. The number of thioether (sulfide) groups is 1. The van der Waals surface area contributed by atoms with Crippen molar-refractivity contribution in [1.29, 1.82) is 0 Å². The SMILES string of the molecule is CCCSC(=NO)C(=O)c1ccc(Br)cc1. The van der Waals surface area contributed by atoms with Crippen LogP contribution < -0.4 is 0 Å². The van der Waals surface area contributed by atoms with Gasteiger partial charge in [0.2, 0.25) is 5.78 Å². The maximum absolute atomic E-state index is 11.9. The molecule has 0 unspecified atom stereocenters. The smallest absolute Gasteiger partial charge is 0.221 e. The summed E-state index contributed by atoms with van der Waals surface area (Å²) in [5.74, 6) is 0.523. The summed E-state index contributed by atoms with van der Waals surface area (Å²) in [7, 11) is 0. The Morgan fingerprint density at radius 1 is 1.44 bits per heavy atom. The average Bonchev–Trinajstić information content (AvgIpc) is 2.30. The second kappa shape index (κ2) is 6.70. The van der Waals surface area contributed by atoms with Gasteiger partial charge in [-0.15, -0.1) is 0 Å². The van der Waals surface area contributed by atoms with Crippen molar-refractivity contribution in [3.05, 3.63) is 34.3 Å². The summed E-state index contributed by atoms with van der Waals surface area (Å²) in [6.45, 7) is 2.01. The van der Waals surface area contributed by atoms with Gasteiger partial charge in [-0.1, -0.05) is 39.8 Å². The number of Topliss-reactive ketones (excluding diaryl/α,β-unsaturated/α-hetero) is 1. The fraction of sp³-hybridized carbons (Fsp3) is 0.273. The van der Waals surface area contributed by atoms with Gasteiger partial charge in [0.15, 0.2) is 5.04 Å². The maximum atomic E-state index is 11.9. The van der Waals surface area contributed by atoms with Crippen LogP contribution in [0, 0.1) is 0 Å². The minimum atomic E-state index is -0.242. The van der Waals surface area contributed by atoms with E-state index in [1.54, 1.807) is 24.3 Å². The first kappa shape index (κ1) is 13.3. The molecule has 0 amide bonds. The zero-order valence-corrected chi connectivity index (χ0v) is 11.2. The molecule has 0 aliphatic carbocycles. The highest BCUT2D eigenvalue weighted by Gasteiger charge is 2.14. The van der Waals surface area contributed by atoms with Gasteiger partial charge in [-0.05, 0) is 36.4 Å². The standard InChI is InChI=1S/C11H12BrNO2S/c1-2-7-16-11(13-15)10(14)8-3-5-9(12)6-4-8/h3-6,15H,2,7H2,1H3. The summed E-state index contributed by atoms with van der Waals surface area (Å²) >= 11 is 4.56. The number of benzene rings is 1. The lowest BCUT2D eigenvalue weighted by Crippen LogP contribution is -2.11. The Morgan fingerprint density at radius 3 is 2.56 bits per heavy atom. The highest BCUT2D eigenvalue weighted by Crippen LogP contribution is 2.15. The molecule has 0 saturated carbocycles. The second-order valence-corrected chi connectivity index (χ2v) is 5.09. The number of nitrogens with zero attached hydrogens (tertiary/aromatic N) is 1. The van der Waals surface area contributed by atoms with Crippen molar-refractivity contribution in [3.63, 3.8) is 0 Å². The topological polar surface area (TPSA) is 49.7 Å². The summed E-state index contributed by atoms with van der Waals surface area (Å²) in [5.41, 5.74) is 0.527. The molecule has 0 saturated heterocycles. The molecule has 1 aromatic rings. The van der Waals surface area contributed by atoms with Crippen molar-refractivity contribution in [2.45, 2.75) is 13.3 Å². The van der Waals surface area contributed by atoms with Crippen LogP contribution in [0.15, 0.2) is 33.9 Å². The zero-order chi connectivity index (χ0) is 12.0. The van der Waals surface area contributed by atoms with E-state index in [0.29, 0.717) is 5.56 Å². The molecule has 16 heavy (non-hydrogen) atoms. The van der Waals surface area contributed by atoms with Gasteiger partial charge in [0, 0.05) is 10.0 Å². The number of halogens is 1. The third-order valence-corrected chi connectivity index (χ3v) is 3.52. The van der Waals surface area contributed by atoms with Crippen molar-refractivity contribution in [2.75, 3.05) is 5.75 Å². The van der Waals surface area contributed by atoms with Crippen LogP contribution in [0.25, 0.3) is 0 Å². The van der Waals surface area contributed by atoms with Gasteiger partial charge in [0.25, 0.3) is 0 Å². The van der Waals surface area contributed by atoms with Crippen molar-refractivity contribution in [1.82, 2.24) is 0 Å². The summed E-state index contributed by atoms with van der Waals surface area (Å²) in [4.78, 5) is 11.9. The van der Waals surface area contributed by atoms with E-state index in [9.17, 15) is 4.79 Å². The normalized spacial score (nSPS) is 11.5. The Kier molecular flexibility index (Phi) is 5.55. The van der Waals surface area contributed by atoms with E-state index < -0.39 is 0 Å². The monoisotopic (exact) mass is 301 g/mol. The number of ketones is 1. The first-order valence-corrected chi connectivity index (χ1v) is 6.62. The molecule has 0 aromatic heterocycles. The summed E-state index contributed by atoms with van der Waals surface area (Å²) in [5, 5.41) is 12.0. The summed E-state index contributed by atoms with van der Waals surface area (Å²) < 4.78 is 0.910. The van der Waals surface area contributed by atoms with Crippen molar-refractivity contribution in [2.24, 2.45) is 5.16 Å². The quantitative estimate of drug-likeness (QED) is 0.304. The van der Waals surface area contributed by atoms with Crippen LogP contribution in [0.5, 0.6) is 0 Å². The Labute approximate surface area is 107 Å². The maximum Gasteiger partial charge on any atom is 0.221 e. The van der Waals surface area contributed by atoms with E-state index >= 15 is 0 Å². The van der Waals surface area contributed by atoms with E-state index in [0.717, 1.165) is 16.6 Å². The van der Waals surface area contributed by atoms with Crippen molar-refractivity contribution in [3.8, 4) is 0 Å². The zero-order valence-electron chi connectivity index (χ0n) is 8.81. The van der Waals surface area contributed by atoms with Gasteiger partial charge in [-0.2, -0.15) is 0 Å².